The molecule has 2 aliphatic heterocycles. The van der Waals surface area contributed by atoms with Gasteiger partial charge in [0.1, 0.15) is 0 Å². The van der Waals surface area contributed by atoms with Gasteiger partial charge in [0.25, 0.3) is 5.91 Å². The minimum atomic E-state index is -0.377. The minimum absolute atomic E-state index is 0.0301. The summed E-state index contributed by atoms with van der Waals surface area (Å²) in [7, 11) is 1.63. The first kappa shape index (κ1) is 24.9. The van der Waals surface area contributed by atoms with Crippen LogP contribution in [0.4, 0.5) is 5.69 Å². The van der Waals surface area contributed by atoms with Gasteiger partial charge >= 0.3 is 0 Å². The van der Waals surface area contributed by atoms with Crippen LogP contribution in [0.2, 0.25) is 0 Å². The molecule has 2 heterocycles. The quantitative estimate of drug-likeness (QED) is 0.413. The van der Waals surface area contributed by atoms with Gasteiger partial charge < -0.3 is 15.0 Å². The van der Waals surface area contributed by atoms with Crippen molar-refractivity contribution in [3.63, 3.8) is 0 Å². The average molecular weight is 484 g/mol. The number of benzene rings is 1. The van der Waals surface area contributed by atoms with Crippen molar-refractivity contribution in [2.24, 2.45) is 11.8 Å². The van der Waals surface area contributed by atoms with E-state index in [2.05, 4.69) is 10.7 Å². The van der Waals surface area contributed by atoms with Crippen LogP contribution in [0.5, 0.6) is 0 Å². The number of hydrogen-bond donors (Lipinski definition) is 2. The summed E-state index contributed by atoms with van der Waals surface area (Å²) in [4.78, 5) is 54.7. The van der Waals surface area contributed by atoms with E-state index in [0.29, 0.717) is 70.0 Å². The lowest BCUT2D eigenvalue weighted by Crippen LogP contribution is -2.59. The van der Waals surface area contributed by atoms with Crippen LogP contribution in [0.3, 0.4) is 0 Å². The van der Waals surface area contributed by atoms with Crippen LogP contribution in [0.1, 0.15) is 29.6 Å². The number of amides is 4. The second kappa shape index (κ2) is 11.5. The molecule has 4 rings (SSSR count). The normalized spacial score (nSPS) is 22.5. The summed E-state index contributed by atoms with van der Waals surface area (Å²) in [6.07, 6.45) is 5.77. The lowest BCUT2D eigenvalue weighted by atomic mass is 9.80. The lowest BCUT2D eigenvalue weighted by molar-refractivity contribution is -0.139. The Hall–Kier alpha value is -3.24. The average Bonchev–Trinajstić information content (AvgIpc) is 2.89. The van der Waals surface area contributed by atoms with Crippen LogP contribution < -0.4 is 15.8 Å². The number of nitrogens with zero attached hydrogens (tertiary/aromatic N) is 3. The zero-order chi connectivity index (χ0) is 24.8. The molecule has 0 radical (unpaired) electrons. The fraction of sp³-hybridized carbons (Fsp3) is 0.520. The van der Waals surface area contributed by atoms with E-state index in [1.54, 1.807) is 36.3 Å². The predicted octanol–water partition coefficient (Wildman–Crippen LogP) is 0.557. The molecule has 2 unspecified atom stereocenters. The van der Waals surface area contributed by atoms with E-state index in [4.69, 9.17) is 4.74 Å². The molecule has 35 heavy (non-hydrogen) atoms. The Bertz CT molecular complexity index is 988. The molecule has 1 aromatic carbocycles. The summed E-state index contributed by atoms with van der Waals surface area (Å²) in [5, 5.41) is 4.16. The van der Waals surface area contributed by atoms with Crippen molar-refractivity contribution in [3.05, 3.63) is 42.0 Å². The number of carbonyl (C=O) groups excluding carboxylic acids is 4. The van der Waals surface area contributed by atoms with Gasteiger partial charge in [0, 0.05) is 52.0 Å². The number of methoxy groups -OCH3 is 1. The summed E-state index contributed by atoms with van der Waals surface area (Å²) < 4.78 is 4.98. The number of carbonyl (C=O) groups is 4. The molecule has 1 aliphatic carbocycles. The third-order valence-electron chi connectivity index (χ3n) is 6.75. The largest absolute Gasteiger partial charge is 0.385 e. The number of ether oxygens (including phenoxy) is 1. The fourth-order valence-electron chi connectivity index (χ4n) is 4.76. The summed E-state index contributed by atoms with van der Waals surface area (Å²) >= 11 is 0. The van der Waals surface area contributed by atoms with E-state index >= 15 is 0 Å². The molecule has 2 fully saturated rings. The summed E-state index contributed by atoms with van der Waals surface area (Å²) in [6.45, 7) is 3.73. The van der Waals surface area contributed by atoms with Gasteiger partial charge in [0.15, 0.2) is 0 Å². The second-order valence-corrected chi connectivity index (χ2v) is 9.12. The molecule has 0 saturated carbocycles. The SMILES string of the molecule is COCCCNC(=O)CN1CCN(C(=O)c2cccc(N3NC(=O)C4CC=CCC4C3=O)c2)CC1. The zero-order valence-corrected chi connectivity index (χ0v) is 20.1. The summed E-state index contributed by atoms with van der Waals surface area (Å²) in [6, 6.07) is 6.81. The highest BCUT2D eigenvalue weighted by Crippen LogP contribution is 2.32. The number of fused-ring (bicyclic) bond motifs is 1. The van der Waals surface area contributed by atoms with E-state index in [9.17, 15) is 19.2 Å². The van der Waals surface area contributed by atoms with Crippen LogP contribution in [0.15, 0.2) is 36.4 Å². The lowest BCUT2D eigenvalue weighted by Gasteiger charge is -2.38. The molecule has 2 N–H and O–H groups in total. The summed E-state index contributed by atoms with van der Waals surface area (Å²) in [5.41, 5.74) is 3.64. The van der Waals surface area contributed by atoms with E-state index in [-0.39, 0.29) is 35.5 Å². The van der Waals surface area contributed by atoms with Crippen molar-refractivity contribution < 1.29 is 23.9 Å². The van der Waals surface area contributed by atoms with E-state index in [1.165, 1.54) is 5.01 Å². The number of hydrogen-bond acceptors (Lipinski definition) is 6. The van der Waals surface area contributed by atoms with Crippen LogP contribution in [-0.4, -0.2) is 86.4 Å². The maximum atomic E-state index is 13.2. The van der Waals surface area contributed by atoms with Gasteiger partial charge in [0.05, 0.1) is 24.1 Å². The van der Waals surface area contributed by atoms with Gasteiger partial charge in [-0.3, -0.25) is 29.5 Å². The van der Waals surface area contributed by atoms with E-state index in [0.717, 1.165) is 6.42 Å². The number of anilines is 1. The van der Waals surface area contributed by atoms with Crippen molar-refractivity contribution in [2.75, 3.05) is 58.0 Å². The topological polar surface area (TPSA) is 111 Å². The Balaban J connectivity index is 1.32. The molecule has 10 nitrogen and oxygen atoms in total. The molecular weight excluding hydrogens is 450 g/mol. The van der Waals surface area contributed by atoms with Gasteiger partial charge in [-0.05, 0) is 37.5 Å². The minimum Gasteiger partial charge on any atom is -0.385 e. The standard InChI is InChI=1S/C25H33N5O5/c1-35-15-5-10-26-22(31)17-28-11-13-29(14-12-28)24(33)18-6-4-7-19(16-18)30-25(34)21-9-3-2-8-20(21)23(32)27-30/h2-4,6-7,16,20-21H,5,8-15,17H2,1H3,(H,26,31)(H,27,32). The van der Waals surface area contributed by atoms with Gasteiger partial charge in [-0.1, -0.05) is 18.2 Å². The predicted molar refractivity (Wildman–Crippen MR) is 129 cm³/mol. The van der Waals surface area contributed by atoms with E-state index < -0.39 is 0 Å². The van der Waals surface area contributed by atoms with Gasteiger partial charge in [-0.2, -0.15) is 0 Å². The third-order valence-corrected chi connectivity index (χ3v) is 6.75. The molecule has 2 atom stereocenters. The van der Waals surface area contributed by atoms with Crippen LogP contribution in [0.25, 0.3) is 0 Å². The Morgan fingerprint density at radius 3 is 2.57 bits per heavy atom. The monoisotopic (exact) mass is 483 g/mol. The molecule has 3 aliphatic rings. The Labute approximate surface area is 205 Å². The van der Waals surface area contributed by atoms with Crippen LogP contribution in [-0.2, 0) is 19.1 Å². The zero-order valence-electron chi connectivity index (χ0n) is 20.1. The van der Waals surface area contributed by atoms with Crippen molar-refractivity contribution in [1.82, 2.24) is 20.5 Å². The second-order valence-electron chi connectivity index (χ2n) is 9.12. The molecule has 10 heteroatoms. The van der Waals surface area contributed by atoms with Crippen molar-refractivity contribution in [3.8, 4) is 0 Å². The molecule has 1 aromatic rings. The first-order chi connectivity index (χ1) is 17.0. The fourth-order valence-corrected chi connectivity index (χ4v) is 4.76. The number of piperazine rings is 1. The first-order valence-electron chi connectivity index (χ1n) is 12.1. The highest BCUT2D eigenvalue weighted by Gasteiger charge is 2.42. The maximum absolute atomic E-state index is 13.2. The molecular formula is C25H33N5O5. The summed E-state index contributed by atoms with van der Waals surface area (Å²) in [5.74, 6) is -1.20. The van der Waals surface area contributed by atoms with Crippen LogP contribution in [0, 0.1) is 11.8 Å². The van der Waals surface area contributed by atoms with Crippen LogP contribution >= 0.6 is 0 Å². The molecule has 2 saturated heterocycles. The highest BCUT2D eigenvalue weighted by atomic mass is 16.5. The third kappa shape index (κ3) is 5.88. The number of allylic oxidation sites excluding steroid dienone is 2. The Kier molecular flexibility index (Phi) is 8.14. The Morgan fingerprint density at radius 1 is 1.09 bits per heavy atom. The molecule has 4 amide bonds. The molecule has 0 bridgehead atoms. The Morgan fingerprint density at radius 2 is 1.83 bits per heavy atom. The smallest absolute Gasteiger partial charge is 0.254 e. The van der Waals surface area contributed by atoms with Crippen molar-refractivity contribution >= 4 is 29.3 Å². The van der Waals surface area contributed by atoms with Crippen molar-refractivity contribution in [2.45, 2.75) is 19.3 Å². The number of rotatable bonds is 8. The molecule has 0 spiro atoms. The van der Waals surface area contributed by atoms with E-state index in [1.807, 2.05) is 17.1 Å². The van der Waals surface area contributed by atoms with Crippen molar-refractivity contribution in [1.29, 1.82) is 0 Å². The highest BCUT2D eigenvalue weighted by molar-refractivity contribution is 6.05. The van der Waals surface area contributed by atoms with Gasteiger partial charge in [-0.15, -0.1) is 0 Å². The number of nitrogens with one attached hydrogen (secondary N) is 2. The van der Waals surface area contributed by atoms with Gasteiger partial charge in [-0.25, -0.2) is 5.01 Å². The first-order valence-corrected chi connectivity index (χ1v) is 12.1. The number of hydrazine groups is 1. The van der Waals surface area contributed by atoms with Gasteiger partial charge in [0.2, 0.25) is 17.7 Å². The molecule has 188 valence electrons. The molecule has 0 aromatic heterocycles. The maximum Gasteiger partial charge on any atom is 0.254 e.